The van der Waals surface area contributed by atoms with E-state index in [0.29, 0.717) is 11.0 Å². The molecule has 1 aromatic heterocycles. The largest absolute Gasteiger partial charge is 0.481 e. The summed E-state index contributed by atoms with van der Waals surface area (Å²) in [6.07, 6.45) is 0. The Labute approximate surface area is 123 Å². The van der Waals surface area contributed by atoms with Gasteiger partial charge in [-0.1, -0.05) is 25.6 Å². The van der Waals surface area contributed by atoms with Crippen LogP contribution in [0.25, 0.3) is 0 Å². The molecule has 0 aliphatic rings. The van der Waals surface area contributed by atoms with Gasteiger partial charge in [-0.05, 0) is 20.0 Å². The first-order valence-electron chi connectivity index (χ1n) is 6.64. The van der Waals surface area contributed by atoms with E-state index in [2.05, 4.69) is 28.9 Å². The first kappa shape index (κ1) is 16.9. The molecule has 20 heavy (non-hydrogen) atoms. The fourth-order valence-corrected chi connectivity index (χ4v) is 2.80. The number of aromatic nitrogens is 3. The minimum atomic E-state index is -0.897. The van der Waals surface area contributed by atoms with Crippen LogP contribution in [0, 0.1) is 0 Å². The summed E-state index contributed by atoms with van der Waals surface area (Å²) in [6.45, 7) is 8.68. The zero-order valence-electron chi connectivity index (χ0n) is 12.1. The number of carboxylic acid groups (broad SMARTS) is 1. The number of aliphatic hydroxyl groups excluding tert-OH is 1. The highest BCUT2D eigenvalue weighted by molar-refractivity contribution is 7.99. The minimum Gasteiger partial charge on any atom is -0.481 e. The highest BCUT2D eigenvalue weighted by Crippen LogP contribution is 2.22. The maximum atomic E-state index is 10.7. The van der Waals surface area contributed by atoms with E-state index < -0.39 is 5.97 Å². The molecular weight excluding hydrogens is 280 g/mol. The number of rotatable bonds is 9. The van der Waals surface area contributed by atoms with Gasteiger partial charge in [-0.2, -0.15) is 0 Å². The van der Waals surface area contributed by atoms with Crippen LogP contribution in [0.15, 0.2) is 5.16 Å². The van der Waals surface area contributed by atoms with Gasteiger partial charge in [0.05, 0.1) is 5.75 Å². The quantitative estimate of drug-likeness (QED) is 0.653. The van der Waals surface area contributed by atoms with E-state index in [0.717, 1.165) is 31.4 Å². The molecule has 1 unspecified atom stereocenters. The van der Waals surface area contributed by atoms with Crippen molar-refractivity contribution in [2.75, 3.05) is 25.4 Å². The van der Waals surface area contributed by atoms with Crippen LogP contribution in [0.4, 0.5) is 0 Å². The normalized spacial score (nSPS) is 12.8. The molecule has 1 atom stereocenters. The molecule has 8 heteroatoms. The Hall–Kier alpha value is -1.12. The number of likely N-dealkylation sites (N-methyl/N-ethyl adjacent to an activating group) is 1. The van der Waals surface area contributed by atoms with Crippen molar-refractivity contribution in [2.45, 2.75) is 38.6 Å². The third-order valence-corrected chi connectivity index (χ3v) is 3.99. The van der Waals surface area contributed by atoms with Crippen LogP contribution < -0.4 is 0 Å². The van der Waals surface area contributed by atoms with Gasteiger partial charge in [0.1, 0.15) is 6.61 Å². The summed E-state index contributed by atoms with van der Waals surface area (Å²) < 4.78 is 1.83. The molecule has 0 aromatic carbocycles. The standard InChI is InChI=1S/C12H22N4O3S/c1-4-15(5-2)6-9(3)16-10(7-17)13-14-12(16)20-8-11(18)19/h9,17H,4-8H2,1-3H3,(H,18,19). The predicted molar refractivity (Wildman–Crippen MR) is 76.8 cm³/mol. The summed E-state index contributed by atoms with van der Waals surface area (Å²) >= 11 is 1.12. The van der Waals surface area contributed by atoms with Crippen LogP contribution in [-0.4, -0.2) is 61.2 Å². The third kappa shape index (κ3) is 4.46. The average molecular weight is 302 g/mol. The van der Waals surface area contributed by atoms with Gasteiger partial charge in [-0.25, -0.2) is 0 Å². The van der Waals surface area contributed by atoms with Gasteiger partial charge >= 0.3 is 5.97 Å². The molecule has 0 amide bonds. The van der Waals surface area contributed by atoms with Crippen molar-refractivity contribution in [3.8, 4) is 0 Å². The lowest BCUT2D eigenvalue weighted by Gasteiger charge is -2.25. The molecule has 1 aromatic rings. The fourth-order valence-electron chi connectivity index (χ4n) is 2.02. The van der Waals surface area contributed by atoms with E-state index in [-0.39, 0.29) is 18.4 Å². The average Bonchev–Trinajstić information content (AvgIpc) is 2.85. The number of hydrogen-bond donors (Lipinski definition) is 2. The molecule has 0 aliphatic heterocycles. The number of carbonyl (C=O) groups is 1. The second kappa shape index (κ2) is 8.23. The molecule has 1 heterocycles. The fraction of sp³-hybridized carbons (Fsp3) is 0.750. The second-order valence-electron chi connectivity index (χ2n) is 4.44. The van der Waals surface area contributed by atoms with Crippen LogP contribution in [0.5, 0.6) is 0 Å². The number of hydrogen-bond acceptors (Lipinski definition) is 6. The van der Waals surface area contributed by atoms with Gasteiger partial charge in [0.15, 0.2) is 11.0 Å². The highest BCUT2D eigenvalue weighted by atomic mass is 32.2. The Balaban J connectivity index is 2.88. The molecule has 114 valence electrons. The highest BCUT2D eigenvalue weighted by Gasteiger charge is 2.19. The summed E-state index contributed by atoms with van der Waals surface area (Å²) in [6, 6.07) is 0.0725. The molecule has 0 saturated heterocycles. The van der Waals surface area contributed by atoms with Crippen molar-refractivity contribution in [3.05, 3.63) is 5.82 Å². The zero-order valence-corrected chi connectivity index (χ0v) is 12.9. The van der Waals surface area contributed by atoms with Crippen molar-refractivity contribution in [1.29, 1.82) is 0 Å². The summed E-state index contributed by atoms with van der Waals surface area (Å²) in [4.78, 5) is 12.9. The zero-order chi connectivity index (χ0) is 15.1. The van der Waals surface area contributed by atoms with Crippen LogP contribution >= 0.6 is 11.8 Å². The maximum absolute atomic E-state index is 10.7. The molecule has 0 bridgehead atoms. The Morgan fingerprint density at radius 2 is 2.05 bits per heavy atom. The third-order valence-electron chi connectivity index (χ3n) is 3.06. The van der Waals surface area contributed by atoms with Crippen molar-refractivity contribution in [1.82, 2.24) is 19.7 Å². The second-order valence-corrected chi connectivity index (χ2v) is 5.39. The van der Waals surface area contributed by atoms with E-state index in [4.69, 9.17) is 5.11 Å². The molecule has 7 nitrogen and oxygen atoms in total. The summed E-state index contributed by atoms with van der Waals surface area (Å²) in [7, 11) is 0. The van der Waals surface area contributed by atoms with Gasteiger partial charge < -0.3 is 15.1 Å². The minimum absolute atomic E-state index is 0.0679. The smallest absolute Gasteiger partial charge is 0.313 e. The molecule has 2 N–H and O–H groups in total. The number of nitrogens with zero attached hydrogens (tertiary/aromatic N) is 4. The topological polar surface area (TPSA) is 91.5 Å². The first-order chi connectivity index (χ1) is 9.53. The Morgan fingerprint density at radius 3 is 2.55 bits per heavy atom. The van der Waals surface area contributed by atoms with Crippen molar-refractivity contribution < 1.29 is 15.0 Å². The van der Waals surface area contributed by atoms with E-state index in [1.54, 1.807) is 0 Å². The molecular formula is C12H22N4O3S. The number of carboxylic acids is 1. The molecule has 0 radical (unpaired) electrons. The van der Waals surface area contributed by atoms with Crippen LogP contribution in [0.1, 0.15) is 32.6 Å². The van der Waals surface area contributed by atoms with E-state index in [1.165, 1.54) is 0 Å². The summed E-state index contributed by atoms with van der Waals surface area (Å²) in [5.74, 6) is -0.495. The first-order valence-corrected chi connectivity index (χ1v) is 7.63. The van der Waals surface area contributed by atoms with Crippen molar-refractivity contribution in [2.24, 2.45) is 0 Å². The van der Waals surface area contributed by atoms with E-state index >= 15 is 0 Å². The van der Waals surface area contributed by atoms with E-state index in [1.807, 2.05) is 11.5 Å². The van der Waals surface area contributed by atoms with Gasteiger partial charge in [-0.3, -0.25) is 9.36 Å². The molecule has 0 aliphatic carbocycles. The van der Waals surface area contributed by atoms with Gasteiger partial charge in [0, 0.05) is 12.6 Å². The lowest BCUT2D eigenvalue weighted by molar-refractivity contribution is -0.133. The van der Waals surface area contributed by atoms with Crippen molar-refractivity contribution >= 4 is 17.7 Å². The SMILES string of the molecule is CCN(CC)CC(C)n1c(CO)nnc1SCC(=O)O. The summed E-state index contributed by atoms with van der Waals surface area (Å²) in [5, 5.41) is 26.5. The van der Waals surface area contributed by atoms with Crippen LogP contribution in [0.3, 0.4) is 0 Å². The van der Waals surface area contributed by atoms with Gasteiger partial charge in [0.25, 0.3) is 0 Å². The van der Waals surface area contributed by atoms with Gasteiger partial charge in [0.2, 0.25) is 0 Å². The Bertz CT molecular complexity index is 434. The predicted octanol–water partition coefficient (Wildman–Crippen LogP) is 0.850. The Kier molecular flexibility index (Phi) is 6.97. The molecule has 0 saturated carbocycles. The monoisotopic (exact) mass is 302 g/mol. The van der Waals surface area contributed by atoms with Gasteiger partial charge in [-0.15, -0.1) is 10.2 Å². The number of aliphatic hydroxyl groups is 1. The summed E-state index contributed by atoms with van der Waals surface area (Å²) in [5.41, 5.74) is 0. The molecule has 0 fully saturated rings. The molecule has 0 spiro atoms. The number of aliphatic carboxylic acids is 1. The van der Waals surface area contributed by atoms with Crippen LogP contribution in [0.2, 0.25) is 0 Å². The van der Waals surface area contributed by atoms with Crippen molar-refractivity contribution in [3.63, 3.8) is 0 Å². The van der Waals surface area contributed by atoms with Crippen LogP contribution in [-0.2, 0) is 11.4 Å². The van der Waals surface area contributed by atoms with E-state index in [9.17, 15) is 9.90 Å². The lowest BCUT2D eigenvalue weighted by Crippen LogP contribution is -2.30. The number of thioether (sulfide) groups is 1. The molecule has 1 rings (SSSR count). The lowest BCUT2D eigenvalue weighted by atomic mass is 10.3. The maximum Gasteiger partial charge on any atom is 0.313 e. The Morgan fingerprint density at radius 1 is 1.40 bits per heavy atom.